The normalized spacial score (nSPS) is 12.4. The van der Waals surface area contributed by atoms with E-state index in [9.17, 15) is 9.59 Å². The highest BCUT2D eigenvalue weighted by molar-refractivity contribution is 5.95. The molecule has 1 aromatic rings. The molecular formula is C12H17NO5. The van der Waals surface area contributed by atoms with E-state index in [0.717, 1.165) is 5.56 Å². The lowest BCUT2D eigenvalue weighted by atomic mass is 10.0. The molecular weight excluding hydrogens is 238 g/mol. The van der Waals surface area contributed by atoms with Gasteiger partial charge in [-0.3, -0.25) is 4.79 Å². The predicted octanol–water partition coefficient (Wildman–Crippen LogP) is 1.23. The second-order valence-corrected chi connectivity index (χ2v) is 4.18. The van der Waals surface area contributed by atoms with Crippen LogP contribution in [0.4, 0.5) is 0 Å². The van der Waals surface area contributed by atoms with Crippen LogP contribution in [0.25, 0.3) is 0 Å². The van der Waals surface area contributed by atoms with Crippen LogP contribution in [0.2, 0.25) is 0 Å². The van der Waals surface area contributed by atoms with Crippen molar-refractivity contribution in [2.75, 3.05) is 13.7 Å². The molecule has 18 heavy (non-hydrogen) atoms. The highest BCUT2D eigenvalue weighted by Gasteiger charge is 2.24. The topological polar surface area (TPSA) is 88.8 Å². The van der Waals surface area contributed by atoms with Crippen molar-refractivity contribution in [2.45, 2.75) is 25.8 Å². The number of hydrogen-bond acceptors (Lipinski definition) is 4. The van der Waals surface area contributed by atoms with Crippen molar-refractivity contribution in [1.29, 1.82) is 0 Å². The van der Waals surface area contributed by atoms with Gasteiger partial charge in [0, 0.05) is 12.7 Å². The lowest BCUT2D eigenvalue weighted by molar-refractivity contribution is -0.140. The minimum absolute atomic E-state index is 0.0984. The van der Waals surface area contributed by atoms with E-state index in [0.29, 0.717) is 0 Å². The number of nitrogens with one attached hydrogen (secondary N) is 1. The molecule has 1 aromatic heterocycles. The van der Waals surface area contributed by atoms with Crippen molar-refractivity contribution in [3.63, 3.8) is 0 Å². The summed E-state index contributed by atoms with van der Waals surface area (Å²) in [7, 11) is 1.37. The molecule has 6 heteroatoms. The first-order chi connectivity index (χ1) is 8.47. The maximum atomic E-state index is 11.9. The molecule has 1 unspecified atom stereocenters. The maximum absolute atomic E-state index is 11.9. The van der Waals surface area contributed by atoms with Gasteiger partial charge in [-0.05, 0) is 12.0 Å². The zero-order chi connectivity index (χ0) is 13.7. The molecule has 0 bridgehead atoms. The highest BCUT2D eigenvalue weighted by atomic mass is 16.5. The number of hydrogen-bond donors (Lipinski definition) is 2. The number of carboxylic acid groups (broad SMARTS) is 1. The molecule has 2 N–H and O–H groups in total. The van der Waals surface area contributed by atoms with Gasteiger partial charge in [0.1, 0.15) is 0 Å². The number of amides is 1. The number of ether oxygens (including phenoxy) is 1. The molecule has 1 amide bonds. The molecule has 1 rings (SSSR count). The predicted molar refractivity (Wildman–Crippen MR) is 63.6 cm³/mol. The molecule has 0 saturated carbocycles. The standard InChI is InChI=1S/C12H17NO5/c1-7(2)8-4-5-18-10(8)11(14)13-9(6-17-3)12(15)16/h4-5,7,9H,6H2,1-3H3,(H,13,14)(H,15,16). The van der Waals surface area contributed by atoms with Crippen molar-refractivity contribution in [3.8, 4) is 0 Å². The summed E-state index contributed by atoms with van der Waals surface area (Å²) < 4.78 is 9.84. The molecule has 0 aromatic carbocycles. The third kappa shape index (κ3) is 3.33. The van der Waals surface area contributed by atoms with Crippen molar-refractivity contribution in [3.05, 3.63) is 23.7 Å². The van der Waals surface area contributed by atoms with Crippen LogP contribution in [0.5, 0.6) is 0 Å². The Balaban J connectivity index is 2.80. The maximum Gasteiger partial charge on any atom is 0.328 e. The van der Waals surface area contributed by atoms with Crippen LogP contribution in [-0.2, 0) is 9.53 Å². The zero-order valence-electron chi connectivity index (χ0n) is 10.6. The van der Waals surface area contributed by atoms with Gasteiger partial charge in [0.25, 0.3) is 5.91 Å². The summed E-state index contributed by atoms with van der Waals surface area (Å²) in [6.45, 7) is 3.75. The van der Waals surface area contributed by atoms with E-state index in [1.165, 1.54) is 13.4 Å². The van der Waals surface area contributed by atoms with Gasteiger partial charge in [0.05, 0.1) is 12.9 Å². The number of furan rings is 1. The van der Waals surface area contributed by atoms with Gasteiger partial charge < -0.3 is 19.6 Å². The molecule has 0 fully saturated rings. The van der Waals surface area contributed by atoms with Crippen LogP contribution in [0.15, 0.2) is 16.7 Å². The van der Waals surface area contributed by atoms with Crippen molar-refractivity contribution in [2.24, 2.45) is 0 Å². The Morgan fingerprint density at radius 2 is 2.17 bits per heavy atom. The molecule has 0 aliphatic carbocycles. The summed E-state index contributed by atoms with van der Waals surface area (Å²) in [6, 6.07) is 0.610. The number of methoxy groups -OCH3 is 1. The second kappa shape index (κ2) is 6.20. The fraction of sp³-hybridized carbons (Fsp3) is 0.500. The fourth-order valence-electron chi connectivity index (χ4n) is 1.52. The van der Waals surface area contributed by atoms with Gasteiger partial charge in [-0.2, -0.15) is 0 Å². The Bertz CT molecular complexity index is 424. The first kappa shape index (κ1) is 14.2. The Kier molecular flexibility index (Phi) is 4.91. The Hall–Kier alpha value is -1.82. The molecule has 0 spiro atoms. The summed E-state index contributed by atoms with van der Waals surface area (Å²) >= 11 is 0. The van der Waals surface area contributed by atoms with Gasteiger partial charge in [-0.25, -0.2) is 4.79 Å². The van der Waals surface area contributed by atoms with Gasteiger partial charge in [0.15, 0.2) is 11.8 Å². The molecule has 0 saturated heterocycles. The second-order valence-electron chi connectivity index (χ2n) is 4.18. The van der Waals surface area contributed by atoms with Crippen LogP contribution in [-0.4, -0.2) is 36.7 Å². The smallest absolute Gasteiger partial charge is 0.328 e. The third-order valence-electron chi connectivity index (χ3n) is 2.46. The monoisotopic (exact) mass is 255 g/mol. The van der Waals surface area contributed by atoms with Gasteiger partial charge in [-0.1, -0.05) is 13.8 Å². The van der Waals surface area contributed by atoms with E-state index >= 15 is 0 Å². The Morgan fingerprint density at radius 3 is 2.67 bits per heavy atom. The Labute approximate surface area is 105 Å². The number of aliphatic carboxylic acids is 1. The van der Waals surface area contributed by atoms with Crippen molar-refractivity contribution < 1.29 is 23.8 Å². The molecule has 6 nitrogen and oxygen atoms in total. The first-order valence-electron chi connectivity index (χ1n) is 5.57. The minimum Gasteiger partial charge on any atom is -0.480 e. The summed E-state index contributed by atoms with van der Waals surface area (Å²) in [6.07, 6.45) is 1.41. The zero-order valence-corrected chi connectivity index (χ0v) is 10.6. The van der Waals surface area contributed by atoms with Crippen LogP contribution in [0.1, 0.15) is 35.9 Å². The summed E-state index contributed by atoms with van der Waals surface area (Å²) in [5.41, 5.74) is 0.744. The third-order valence-corrected chi connectivity index (χ3v) is 2.46. The van der Waals surface area contributed by atoms with E-state index in [1.54, 1.807) is 6.07 Å². The number of carbonyl (C=O) groups excluding carboxylic acids is 1. The van der Waals surface area contributed by atoms with E-state index < -0.39 is 17.9 Å². The number of rotatable bonds is 6. The van der Waals surface area contributed by atoms with E-state index in [-0.39, 0.29) is 18.3 Å². The molecule has 0 radical (unpaired) electrons. The molecule has 0 aliphatic rings. The highest BCUT2D eigenvalue weighted by Crippen LogP contribution is 2.20. The Morgan fingerprint density at radius 1 is 1.50 bits per heavy atom. The van der Waals surface area contributed by atoms with E-state index in [1.807, 2.05) is 13.8 Å². The first-order valence-corrected chi connectivity index (χ1v) is 5.57. The minimum atomic E-state index is -1.15. The lowest BCUT2D eigenvalue weighted by Gasteiger charge is -2.13. The molecule has 100 valence electrons. The van der Waals surface area contributed by atoms with Gasteiger partial charge in [0.2, 0.25) is 0 Å². The van der Waals surface area contributed by atoms with E-state index in [2.05, 4.69) is 5.32 Å². The SMILES string of the molecule is COCC(NC(=O)c1occc1C(C)C)C(=O)O. The number of carbonyl (C=O) groups is 2. The van der Waals surface area contributed by atoms with Gasteiger partial charge in [-0.15, -0.1) is 0 Å². The van der Waals surface area contributed by atoms with Crippen LogP contribution < -0.4 is 5.32 Å². The van der Waals surface area contributed by atoms with Gasteiger partial charge >= 0.3 is 5.97 Å². The fourth-order valence-corrected chi connectivity index (χ4v) is 1.52. The lowest BCUT2D eigenvalue weighted by Crippen LogP contribution is -2.43. The van der Waals surface area contributed by atoms with Crippen LogP contribution in [0.3, 0.4) is 0 Å². The summed E-state index contributed by atoms with van der Waals surface area (Å²) in [5, 5.41) is 11.3. The van der Waals surface area contributed by atoms with E-state index in [4.69, 9.17) is 14.3 Å². The average Bonchev–Trinajstić information content (AvgIpc) is 2.77. The average molecular weight is 255 g/mol. The number of carboxylic acids is 1. The quantitative estimate of drug-likeness (QED) is 0.798. The van der Waals surface area contributed by atoms with Crippen LogP contribution >= 0.6 is 0 Å². The van der Waals surface area contributed by atoms with Crippen LogP contribution in [0, 0.1) is 0 Å². The summed E-state index contributed by atoms with van der Waals surface area (Å²) in [5.74, 6) is -1.43. The molecule has 0 aliphatic heterocycles. The molecule has 1 atom stereocenters. The largest absolute Gasteiger partial charge is 0.480 e. The molecule has 1 heterocycles. The summed E-state index contributed by atoms with van der Waals surface area (Å²) in [4.78, 5) is 22.8. The van der Waals surface area contributed by atoms with Crippen molar-refractivity contribution >= 4 is 11.9 Å². The van der Waals surface area contributed by atoms with Crippen molar-refractivity contribution in [1.82, 2.24) is 5.32 Å².